The summed E-state index contributed by atoms with van der Waals surface area (Å²) in [6.45, 7) is 1.86. The van der Waals surface area contributed by atoms with Crippen LogP contribution in [0.1, 0.15) is 17.5 Å². The van der Waals surface area contributed by atoms with E-state index in [0.29, 0.717) is 5.69 Å². The molecule has 0 bridgehead atoms. The summed E-state index contributed by atoms with van der Waals surface area (Å²) in [5.41, 5.74) is 1.43. The van der Waals surface area contributed by atoms with Crippen molar-refractivity contribution >= 4 is 11.9 Å². The van der Waals surface area contributed by atoms with E-state index in [0.717, 1.165) is 5.56 Å². The number of rotatable bonds is 5. The maximum Gasteiger partial charge on any atom is 0.325 e. The Morgan fingerprint density at radius 1 is 1.29 bits per heavy atom. The molecule has 6 nitrogen and oxygen atoms in total. The molecule has 0 spiro atoms. The Morgan fingerprint density at radius 2 is 2.00 bits per heavy atom. The Morgan fingerprint density at radius 3 is 2.67 bits per heavy atom. The molecule has 0 saturated carbocycles. The zero-order chi connectivity index (χ0) is 15.2. The van der Waals surface area contributed by atoms with Crippen LogP contribution in [0, 0.1) is 0 Å². The molecular formula is C15H16N2O4. The van der Waals surface area contributed by atoms with Gasteiger partial charge in [-0.3, -0.25) is 9.59 Å². The third-order valence-corrected chi connectivity index (χ3v) is 2.81. The van der Waals surface area contributed by atoms with Gasteiger partial charge in [-0.05, 0) is 6.92 Å². The first kappa shape index (κ1) is 14.8. The zero-order valence-electron chi connectivity index (χ0n) is 11.9. The molecule has 0 aliphatic carbocycles. The Labute approximate surface area is 122 Å². The van der Waals surface area contributed by atoms with Crippen molar-refractivity contribution in [1.82, 2.24) is 10.1 Å². The average Bonchev–Trinajstić information content (AvgIpc) is 2.97. The van der Waals surface area contributed by atoms with Gasteiger partial charge >= 0.3 is 5.97 Å². The number of carbonyl (C=O) groups excluding carboxylic acids is 2. The second-order valence-corrected chi connectivity index (χ2v) is 4.41. The highest BCUT2D eigenvalue weighted by Crippen LogP contribution is 2.19. The highest BCUT2D eigenvalue weighted by Gasteiger charge is 2.20. The van der Waals surface area contributed by atoms with Crippen molar-refractivity contribution in [2.75, 3.05) is 20.2 Å². The van der Waals surface area contributed by atoms with E-state index in [1.165, 1.54) is 11.9 Å². The Bertz CT molecular complexity index is 622. The van der Waals surface area contributed by atoms with E-state index < -0.39 is 11.9 Å². The van der Waals surface area contributed by atoms with Crippen molar-refractivity contribution in [3.05, 3.63) is 42.2 Å². The lowest BCUT2D eigenvalue weighted by molar-refractivity contribution is -0.143. The van der Waals surface area contributed by atoms with E-state index >= 15 is 0 Å². The number of amides is 1. The van der Waals surface area contributed by atoms with Gasteiger partial charge in [0.1, 0.15) is 12.2 Å². The molecule has 1 aromatic heterocycles. The topological polar surface area (TPSA) is 72.6 Å². The predicted molar refractivity (Wildman–Crippen MR) is 75.5 cm³/mol. The van der Waals surface area contributed by atoms with Gasteiger partial charge in [0.25, 0.3) is 5.91 Å². The number of ether oxygens (including phenoxy) is 1. The molecule has 1 amide bonds. The van der Waals surface area contributed by atoms with E-state index in [1.54, 1.807) is 13.0 Å². The van der Waals surface area contributed by atoms with Crippen LogP contribution in [0.25, 0.3) is 11.3 Å². The second kappa shape index (κ2) is 6.69. The van der Waals surface area contributed by atoms with E-state index in [9.17, 15) is 9.59 Å². The van der Waals surface area contributed by atoms with Crippen molar-refractivity contribution in [1.29, 1.82) is 0 Å². The standard InChI is InChI=1S/C15H16N2O4/c1-3-20-14(18)10-17(2)15(19)13-9-12(16-21-13)11-7-5-4-6-8-11/h4-9H,3,10H2,1-2H3. The third-order valence-electron chi connectivity index (χ3n) is 2.81. The molecule has 21 heavy (non-hydrogen) atoms. The SMILES string of the molecule is CCOC(=O)CN(C)C(=O)c1cc(-c2ccccc2)no1. The average molecular weight is 288 g/mol. The van der Waals surface area contributed by atoms with Crippen LogP contribution in [-0.4, -0.2) is 42.1 Å². The summed E-state index contributed by atoms with van der Waals surface area (Å²) >= 11 is 0. The number of aromatic nitrogens is 1. The molecule has 6 heteroatoms. The van der Waals surface area contributed by atoms with Crippen LogP contribution in [0.15, 0.2) is 40.9 Å². The Hall–Kier alpha value is -2.63. The maximum atomic E-state index is 12.1. The lowest BCUT2D eigenvalue weighted by Crippen LogP contribution is -2.32. The number of benzene rings is 1. The molecule has 0 aliphatic rings. The summed E-state index contributed by atoms with van der Waals surface area (Å²) in [5.74, 6) is -0.797. The Kier molecular flexibility index (Phi) is 4.71. The fourth-order valence-corrected chi connectivity index (χ4v) is 1.78. The van der Waals surface area contributed by atoms with Gasteiger partial charge in [-0.2, -0.15) is 0 Å². The molecule has 0 fully saturated rings. The van der Waals surface area contributed by atoms with Crippen molar-refractivity contribution in [3.8, 4) is 11.3 Å². The quantitative estimate of drug-likeness (QED) is 0.787. The van der Waals surface area contributed by atoms with E-state index in [-0.39, 0.29) is 18.9 Å². The molecule has 0 atom stereocenters. The first-order valence-electron chi connectivity index (χ1n) is 6.55. The summed E-state index contributed by atoms with van der Waals surface area (Å²) in [4.78, 5) is 24.7. The van der Waals surface area contributed by atoms with Gasteiger partial charge in [0.15, 0.2) is 0 Å². The molecule has 2 rings (SSSR count). The number of hydrogen-bond acceptors (Lipinski definition) is 5. The van der Waals surface area contributed by atoms with Crippen LogP contribution in [0.3, 0.4) is 0 Å². The van der Waals surface area contributed by atoms with Crippen LogP contribution in [0.5, 0.6) is 0 Å². The van der Waals surface area contributed by atoms with Crippen molar-refractivity contribution in [3.63, 3.8) is 0 Å². The minimum Gasteiger partial charge on any atom is -0.465 e. The molecule has 0 saturated heterocycles. The van der Waals surface area contributed by atoms with Crippen LogP contribution < -0.4 is 0 Å². The fourth-order valence-electron chi connectivity index (χ4n) is 1.78. The van der Waals surface area contributed by atoms with E-state index in [2.05, 4.69) is 5.16 Å². The predicted octanol–water partition coefficient (Wildman–Crippen LogP) is 1.98. The van der Waals surface area contributed by atoms with Crippen LogP contribution in [0.4, 0.5) is 0 Å². The smallest absolute Gasteiger partial charge is 0.325 e. The van der Waals surface area contributed by atoms with Crippen LogP contribution in [-0.2, 0) is 9.53 Å². The van der Waals surface area contributed by atoms with Gasteiger partial charge in [-0.1, -0.05) is 35.5 Å². The van der Waals surface area contributed by atoms with Crippen molar-refractivity contribution < 1.29 is 18.8 Å². The first-order valence-corrected chi connectivity index (χ1v) is 6.55. The normalized spacial score (nSPS) is 10.2. The van der Waals surface area contributed by atoms with Gasteiger partial charge in [0, 0.05) is 18.7 Å². The van der Waals surface area contributed by atoms with Gasteiger partial charge in [0.05, 0.1) is 6.61 Å². The van der Waals surface area contributed by atoms with Crippen molar-refractivity contribution in [2.45, 2.75) is 6.92 Å². The number of esters is 1. The van der Waals surface area contributed by atoms with Gasteiger partial charge in [0.2, 0.25) is 5.76 Å². The van der Waals surface area contributed by atoms with E-state index in [1.807, 2.05) is 30.3 Å². The maximum absolute atomic E-state index is 12.1. The monoisotopic (exact) mass is 288 g/mol. The highest BCUT2D eigenvalue weighted by molar-refractivity contribution is 5.94. The van der Waals surface area contributed by atoms with Gasteiger partial charge < -0.3 is 14.2 Å². The lowest BCUT2D eigenvalue weighted by atomic mass is 10.1. The molecule has 2 aromatic rings. The first-order chi connectivity index (χ1) is 10.1. The fraction of sp³-hybridized carbons (Fsp3) is 0.267. The molecule has 1 heterocycles. The number of likely N-dealkylation sites (N-methyl/N-ethyl adjacent to an activating group) is 1. The Balaban J connectivity index is 2.07. The molecule has 0 N–H and O–H groups in total. The summed E-state index contributed by atoms with van der Waals surface area (Å²) in [6.07, 6.45) is 0. The minimum atomic E-state index is -0.462. The lowest BCUT2D eigenvalue weighted by Gasteiger charge is -2.13. The van der Waals surface area contributed by atoms with Crippen molar-refractivity contribution in [2.24, 2.45) is 0 Å². The molecule has 0 unspecified atom stereocenters. The molecule has 110 valence electrons. The molecule has 0 aliphatic heterocycles. The summed E-state index contributed by atoms with van der Waals surface area (Å²) in [7, 11) is 1.50. The summed E-state index contributed by atoms with van der Waals surface area (Å²) in [5, 5.41) is 3.87. The number of nitrogens with zero attached hydrogens (tertiary/aromatic N) is 2. The molecule has 1 aromatic carbocycles. The zero-order valence-corrected chi connectivity index (χ0v) is 11.9. The largest absolute Gasteiger partial charge is 0.465 e. The minimum absolute atomic E-state index is 0.0839. The summed E-state index contributed by atoms with van der Waals surface area (Å²) in [6, 6.07) is 10.9. The third kappa shape index (κ3) is 3.68. The summed E-state index contributed by atoms with van der Waals surface area (Å²) < 4.78 is 9.84. The molecule has 0 radical (unpaired) electrons. The van der Waals surface area contributed by atoms with E-state index in [4.69, 9.17) is 9.26 Å². The number of carbonyl (C=O) groups is 2. The van der Waals surface area contributed by atoms with Gasteiger partial charge in [-0.15, -0.1) is 0 Å². The second-order valence-electron chi connectivity index (χ2n) is 4.41. The molecular weight excluding hydrogens is 272 g/mol. The highest BCUT2D eigenvalue weighted by atomic mass is 16.5. The van der Waals surface area contributed by atoms with Crippen LogP contribution >= 0.6 is 0 Å². The number of hydrogen-bond donors (Lipinski definition) is 0. The van der Waals surface area contributed by atoms with Crippen LogP contribution in [0.2, 0.25) is 0 Å². The van der Waals surface area contributed by atoms with Gasteiger partial charge in [-0.25, -0.2) is 0 Å².